The fraction of sp³-hybridized carbons (Fsp3) is 0.176. The second-order valence-electron chi connectivity index (χ2n) is 5.02. The molecule has 0 aliphatic heterocycles. The van der Waals surface area contributed by atoms with Gasteiger partial charge in [0.1, 0.15) is 0 Å². The molecule has 0 unspecified atom stereocenters. The third-order valence-electron chi connectivity index (χ3n) is 3.59. The summed E-state index contributed by atoms with van der Waals surface area (Å²) in [6.07, 6.45) is 3.05. The number of aryl methyl sites for hydroxylation is 1. The number of fused-ring (bicyclic) bond motifs is 1. The van der Waals surface area contributed by atoms with E-state index in [9.17, 15) is 4.79 Å². The molecule has 3 rings (SSSR count). The Morgan fingerprint density at radius 1 is 1.05 bits per heavy atom. The molecule has 1 aliphatic carbocycles. The molecule has 0 spiro atoms. The number of hydrogen-bond acceptors (Lipinski definition) is 2. The van der Waals surface area contributed by atoms with E-state index in [4.69, 9.17) is 0 Å². The van der Waals surface area contributed by atoms with Crippen molar-refractivity contribution in [2.45, 2.75) is 19.3 Å². The number of nitrogens with zero attached hydrogens (tertiary/aromatic N) is 1. The number of carbonyl (C=O) groups excluding carboxylic acids is 1. The van der Waals surface area contributed by atoms with Crippen molar-refractivity contribution in [2.75, 3.05) is 0 Å². The maximum absolute atomic E-state index is 12.1. The van der Waals surface area contributed by atoms with Crippen LogP contribution in [-0.2, 0) is 6.42 Å². The van der Waals surface area contributed by atoms with Crippen molar-refractivity contribution in [3.8, 4) is 0 Å². The number of hydrogen-bond donors (Lipinski definition) is 1. The molecule has 0 saturated heterocycles. The average molecular weight is 343 g/mol. The van der Waals surface area contributed by atoms with Crippen LogP contribution in [0.3, 0.4) is 0 Å². The fourth-order valence-corrected chi connectivity index (χ4v) is 2.77. The molecule has 0 radical (unpaired) electrons. The van der Waals surface area contributed by atoms with Crippen molar-refractivity contribution in [1.82, 2.24) is 5.43 Å². The zero-order valence-corrected chi connectivity index (χ0v) is 13.1. The topological polar surface area (TPSA) is 41.5 Å². The van der Waals surface area contributed by atoms with E-state index >= 15 is 0 Å². The van der Waals surface area contributed by atoms with Crippen LogP contribution in [0, 0.1) is 0 Å². The third-order valence-corrected chi connectivity index (χ3v) is 4.12. The fourth-order valence-electron chi connectivity index (χ4n) is 2.50. The van der Waals surface area contributed by atoms with E-state index in [-0.39, 0.29) is 5.91 Å². The van der Waals surface area contributed by atoms with Crippen molar-refractivity contribution in [3.63, 3.8) is 0 Å². The van der Waals surface area contributed by atoms with Gasteiger partial charge >= 0.3 is 0 Å². The first-order chi connectivity index (χ1) is 10.2. The van der Waals surface area contributed by atoms with Gasteiger partial charge in [0.05, 0.1) is 5.71 Å². The molecule has 1 aliphatic rings. The molecular weight excluding hydrogens is 328 g/mol. The minimum atomic E-state index is -0.182. The molecule has 2 aromatic carbocycles. The van der Waals surface area contributed by atoms with Crippen LogP contribution in [0.2, 0.25) is 0 Å². The predicted octanol–water partition coefficient (Wildman–Crippen LogP) is 3.92. The van der Waals surface area contributed by atoms with Crippen molar-refractivity contribution in [3.05, 3.63) is 69.7 Å². The van der Waals surface area contributed by atoms with E-state index in [1.165, 1.54) is 5.56 Å². The first kappa shape index (κ1) is 14.0. The Morgan fingerprint density at radius 3 is 2.62 bits per heavy atom. The molecule has 1 N–H and O–H groups in total. The highest BCUT2D eigenvalue weighted by molar-refractivity contribution is 9.10. The zero-order valence-electron chi connectivity index (χ0n) is 11.5. The van der Waals surface area contributed by atoms with Crippen LogP contribution in [0.1, 0.15) is 34.3 Å². The molecule has 0 fully saturated rings. The van der Waals surface area contributed by atoms with Crippen LogP contribution in [0.5, 0.6) is 0 Å². The second-order valence-corrected chi connectivity index (χ2v) is 5.93. The van der Waals surface area contributed by atoms with Gasteiger partial charge in [0.2, 0.25) is 0 Å². The monoisotopic (exact) mass is 342 g/mol. The molecule has 21 heavy (non-hydrogen) atoms. The minimum Gasteiger partial charge on any atom is -0.267 e. The van der Waals surface area contributed by atoms with E-state index in [0.717, 1.165) is 35.0 Å². The molecular formula is C17H15BrN2O. The molecule has 0 aromatic heterocycles. The first-order valence-corrected chi connectivity index (χ1v) is 7.74. The van der Waals surface area contributed by atoms with Crippen LogP contribution < -0.4 is 5.43 Å². The Morgan fingerprint density at radius 2 is 1.81 bits per heavy atom. The molecule has 0 heterocycles. The maximum atomic E-state index is 12.1. The number of nitrogens with one attached hydrogen (secondary N) is 1. The lowest BCUT2D eigenvalue weighted by Gasteiger charge is -2.17. The van der Waals surface area contributed by atoms with Crippen LogP contribution in [0.4, 0.5) is 0 Å². The first-order valence-electron chi connectivity index (χ1n) is 6.95. The summed E-state index contributed by atoms with van der Waals surface area (Å²) in [5.74, 6) is -0.182. The summed E-state index contributed by atoms with van der Waals surface area (Å²) < 4.78 is 0.951. The van der Waals surface area contributed by atoms with Gasteiger partial charge in [-0.1, -0.05) is 40.2 Å². The molecule has 3 nitrogen and oxygen atoms in total. The van der Waals surface area contributed by atoms with Gasteiger partial charge in [0, 0.05) is 15.6 Å². The SMILES string of the molecule is O=C(N/N=C1\CCCc2ccccc21)c1ccc(Br)cc1. The second kappa shape index (κ2) is 6.22. The van der Waals surface area contributed by atoms with Gasteiger partial charge in [-0.05, 0) is 49.1 Å². The Bertz CT molecular complexity index is 692. The van der Waals surface area contributed by atoms with E-state index in [1.54, 1.807) is 12.1 Å². The summed E-state index contributed by atoms with van der Waals surface area (Å²) in [5, 5.41) is 4.33. The molecule has 0 atom stereocenters. The van der Waals surface area contributed by atoms with Gasteiger partial charge in [-0.3, -0.25) is 4.79 Å². The highest BCUT2D eigenvalue weighted by atomic mass is 79.9. The van der Waals surface area contributed by atoms with E-state index in [0.29, 0.717) is 5.56 Å². The van der Waals surface area contributed by atoms with Crippen molar-refractivity contribution < 1.29 is 4.79 Å². The lowest BCUT2D eigenvalue weighted by Crippen LogP contribution is -2.22. The summed E-state index contributed by atoms with van der Waals surface area (Å²) in [5.41, 5.74) is 6.69. The smallest absolute Gasteiger partial charge is 0.267 e. The highest BCUT2D eigenvalue weighted by Gasteiger charge is 2.15. The number of hydrazone groups is 1. The van der Waals surface area contributed by atoms with Gasteiger partial charge < -0.3 is 0 Å². The molecule has 106 valence electrons. The zero-order chi connectivity index (χ0) is 14.7. The van der Waals surface area contributed by atoms with Crippen molar-refractivity contribution in [2.24, 2.45) is 5.10 Å². The van der Waals surface area contributed by atoms with Crippen molar-refractivity contribution >= 4 is 27.5 Å². The van der Waals surface area contributed by atoms with Gasteiger partial charge in [0.25, 0.3) is 5.91 Å². The van der Waals surface area contributed by atoms with Gasteiger partial charge in [-0.15, -0.1) is 0 Å². The largest absolute Gasteiger partial charge is 0.271 e. The van der Waals surface area contributed by atoms with Crippen LogP contribution in [0.25, 0.3) is 0 Å². The van der Waals surface area contributed by atoms with E-state index in [1.807, 2.05) is 24.3 Å². The summed E-state index contributed by atoms with van der Waals surface area (Å²) in [6.45, 7) is 0. The normalized spacial score (nSPS) is 15.6. The molecule has 4 heteroatoms. The maximum Gasteiger partial charge on any atom is 0.271 e. The molecule has 1 amide bonds. The van der Waals surface area contributed by atoms with Crippen LogP contribution >= 0.6 is 15.9 Å². The number of benzene rings is 2. The Labute approximate surface area is 132 Å². The van der Waals surface area contributed by atoms with E-state index < -0.39 is 0 Å². The Hall–Kier alpha value is -1.94. The Balaban J connectivity index is 1.78. The standard InChI is InChI=1S/C17H15BrN2O/c18-14-10-8-13(9-11-14)17(21)20-19-16-7-3-5-12-4-1-2-6-15(12)16/h1-2,4,6,8-11H,3,5,7H2,(H,20,21)/b19-16+. The third kappa shape index (κ3) is 3.22. The highest BCUT2D eigenvalue weighted by Crippen LogP contribution is 2.21. The molecule has 0 bridgehead atoms. The van der Waals surface area contributed by atoms with Gasteiger partial charge in [0.15, 0.2) is 0 Å². The summed E-state index contributed by atoms with van der Waals surface area (Å²) in [4.78, 5) is 12.1. The summed E-state index contributed by atoms with van der Waals surface area (Å²) in [6, 6.07) is 15.5. The van der Waals surface area contributed by atoms with Crippen LogP contribution in [-0.4, -0.2) is 11.6 Å². The number of halogens is 1. The Kier molecular flexibility index (Phi) is 4.15. The molecule has 0 saturated carbocycles. The minimum absolute atomic E-state index is 0.182. The molecule has 2 aromatic rings. The average Bonchev–Trinajstić information content (AvgIpc) is 2.53. The lowest BCUT2D eigenvalue weighted by molar-refractivity contribution is 0.0954. The van der Waals surface area contributed by atoms with Crippen LogP contribution in [0.15, 0.2) is 58.1 Å². The number of carbonyl (C=O) groups is 1. The number of rotatable bonds is 2. The summed E-state index contributed by atoms with van der Waals surface area (Å²) in [7, 11) is 0. The van der Waals surface area contributed by atoms with Gasteiger partial charge in [-0.25, -0.2) is 5.43 Å². The van der Waals surface area contributed by atoms with E-state index in [2.05, 4.69) is 38.6 Å². The van der Waals surface area contributed by atoms with Gasteiger partial charge in [-0.2, -0.15) is 5.10 Å². The quantitative estimate of drug-likeness (QED) is 0.825. The van der Waals surface area contributed by atoms with Crippen molar-refractivity contribution in [1.29, 1.82) is 0 Å². The lowest BCUT2D eigenvalue weighted by atomic mass is 9.90. The number of amides is 1. The predicted molar refractivity (Wildman–Crippen MR) is 87.5 cm³/mol. The summed E-state index contributed by atoms with van der Waals surface area (Å²) >= 11 is 3.35.